The first kappa shape index (κ1) is 5.72. The Morgan fingerprint density at radius 2 is 1.89 bits per heavy atom. The van der Waals surface area contributed by atoms with Gasteiger partial charge >= 0.3 is 0 Å². The second-order valence-electron chi connectivity index (χ2n) is 3.86. The molecule has 2 atom stereocenters. The highest BCUT2D eigenvalue weighted by Gasteiger charge is 2.41. The Balaban J connectivity index is 2.04. The molecule has 0 aliphatic heterocycles. The lowest BCUT2D eigenvalue weighted by molar-refractivity contribution is 0.0416. The Morgan fingerprint density at radius 1 is 1.22 bits per heavy atom. The molecule has 3 aliphatic rings. The van der Waals surface area contributed by atoms with Gasteiger partial charge in [0.1, 0.15) is 0 Å². The molecular formula is C8H15N. The van der Waals surface area contributed by atoms with Crippen LogP contribution in [0.2, 0.25) is 0 Å². The van der Waals surface area contributed by atoms with Crippen LogP contribution >= 0.6 is 0 Å². The third-order valence-corrected chi connectivity index (χ3v) is 3.30. The Hall–Kier alpha value is -0.0400. The molecular weight excluding hydrogens is 110 g/mol. The highest BCUT2D eigenvalue weighted by atomic mass is 14.7. The van der Waals surface area contributed by atoms with Gasteiger partial charge in [-0.3, -0.25) is 0 Å². The van der Waals surface area contributed by atoms with Crippen LogP contribution in [0, 0.1) is 17.8 Å². The van der Waals surface area contributed by atoms with Crippen molar-refractivity contribution in [2.75, 3.05) is 0 Å². The summed E-state index contributed by atoms with van der Waals surface area (Å²) in [7, 11) is 0. The third kappa shape index (κ3) is 0.710. The lowest BCUT2D eigenvalue weighted by Crippen LogP contribution is -2.47. The molecule has 0 heterocycles. The van der Waals surface area contributed by atoms with Crippen LogP contribution in [0.15, 0.2) is 0 Å². The topological polar surface area (TPSA) is 26.0 Å². The predicted molar refractivity (Wildman–Crippen MR) is 38.0 cm³/mol. The normalized spacial score (nSPS) is 56.7. The predicted octanol–water partition coefficient (Wildman–Crippen LogP) is 1.38. The maximum Gasteiger partial charge on any atom is 0.00698 e. The fourth-order valence-electron chi connectivity index (χ4n) is 2.36. The van der Waals surface area contributed by atoms with E-state index in [4.69, 9.17) is 5.73 Å². The van der Waals surface area contributed by atoms with E-state index in [0.717, 1.165) is 17.8 Å². The van der Waals surface area contributed by atoms with Gasteiger partial charge in [0.25, 0.3) is 0 Å². The van der Waals surface area contributed by atoms with E-state index < -0.39 is 0 Å². The Morgan fingerprint density at radius 3 is 2.22 bits per heavy atom. The van der Waals surface area contributed by atoms with Crippen molar-refractivity contribution in [1.82, 2.24) is 0 Å². The van der Waals surface area contributed by atoms with Crippen molar-refractivity contribution in [3.63, 3.8) is 0 Å². The van der Waals surface area contributed by atoms with Gasteiger partial charge in [0.2, 0.25) is 0 Å². The number of hydrogen-bond acceptors (Lipinski definition) is 1. The summed E-state index contributed by atoms with van der Waals surface area (Å²) >= 11 is 0. The number of nitrogens with two attached hydrogens (primary N) is 1. The number of hydrogen-bond donors (Lipinski definition) is 1. The molecule has 0 unspecified atom stereocenters. The summed E-state index contributed by atoms with van der Waals surface area (Å²) in [5.41, 5.74) is 5.90. The Labute approximate surface area is 56.6 Å². The molecule has 3 rings (SSSR count). The molecule has 0 radical (unpaired) electrons. The van der Waals surface area contributed by atoms with Crippen LogP contribution < -0.4 is 5.73 Å². The first-order chi connectivity index (χ1) is 4.27. The molecule has 0 aromatic rings. The summed E-state index contributed by atoms with van der Waals surface area (Å²) in [4.78, 5) is 0. The van der Waals surface area contributed by atoms with E-state index >= 15 is 0 Å². The van der Waals surface area contributed by atoms with Crippen molar-refractivity contribution in [3.05, 3.63) is 0 Å². The van der Waals surface area contributed by atoms with Crippen LogP contribution in [0.25, 0.3) is 0 Å². The second kappa shape index (κ2) is 1.72. The van der Waals surface area contributed by atoms with Gasteiger partial charge in [-0.25, -0.2) is 0 Å². The smallest absolute Gasteiger partial charge is 0.00698 e. The molecule has 9 heavy (non-hydrogen) atoms. The first-order valence-corrected chi connectivity index (χ1v) is 4.03. The zero-order chi connectivity index (χ0) is 6.43. The molecule has 0 spiro atoms. The van der Waals surface area contributed by atoms with Crippen molar-refractivity contribution in [1.29, 1.82) is 0 Å². The largest absolute Gasteiger partial charge is 0.327 e. The van der Waals surface area contributed by atoms with Crippen molar-refractivity contribution < 1.29 is 0 Å². The number of rotatable bonds is 0. The SMILES string of the molecule is C[C@H]1[C@H]2C[C@@H](C[C@@H]1N)C2. The van der Waals surface area contributed by atoms with E-state index in [0.29, 0.717) is 6.04 Å². The zero-order valence-electron chi connectivity index (χ0n) is 6.01. The number of fused-ring (bicyclic) bond motifs is 2. The van der Waals surface area contributed by atoms with Crippen LogP contribution in [0.4, 0.5) is 0 Å². The molecule has 2 N–H and O–H groups in total. The van der Waals surface area contributed by atoms with Gasteiger partial charge in [-0.15, -0.1) is 0 Å². The highest BCUT2D eigenvalue weighted by Crippen LogP contribution is 2.47. The molecule has 0 amide bonds. The summed E-state index contributed by atoms with van der Waals surface area (Å²) in [5, 5.41) is 0. The van der Waals surface area contributed by atoms with Gasteiger partial charge in [-0.1, -0.05) is 6.92 Å². The maximum absolute atomic E-state index is 5.90. The highest BCUT2D eigenvalue weighted by molar-refractivity contribution is 4.94. The minimum atomic E-state index is 0.530. The lowest BCUT2D eigenvalue weighted by atomic mass is 9.59. The van der Waals surface area contributed by atoms with E-state index in [-0.39, 0.29) is 0 Å². The Kier molecular flexibility index (Phi) is 1.10. The van der Waals surface area contributed by atoms with Gasteiger partial charge in [0, 0.05) is 6.04 Å². The van der Waals surface area contributed by atoms with E-state index in [1.165, 1.54) is 19.3 Å². The summed E-state index contributed by atoms with van der Waals surface area (Å²) in [6.07, 6.45) is 4.27. The summed E-state index contributed by atoms with van der Waals surface area (Å²) in [6.45, 7) is 2.31. The summed E-state index contributed by atoms with van der Waals surface area (Å²) in [5.74, 6) is 2.83. The second-order valence-corrected chi connectivity index (χ2v) is 3.86. The fourth-order valence-corrected chi connectivity index (χ4v) is 2.36. The Bertz CT molecular complexity index is 114. The molecule has 3 aliphatic carbocycles. The van der Waals surface area contributed by atoms with Crippen LogP contribution in [-0.2, 0) is 0 Å². The molecule has 0 aromatic heterocycles. The van der Waals surface area contributed by atoms with Gasteiger partial charge in [0.15, 0.2) is 0 Å². The van der Waals surface area contributed by atoms with Gasteiger partial charge in [-0.2, -0.15) is 0 Å². The molecule has 1 heteroatoms. The fraction of sp³-hybridized carbons (Fsp3) is 1.00. The summed E-state index contributed by atoms with van der Waals surface area (Å²) < 4.78 is 0. The molecule has 3 fully saturated rings. The molecule has 3 saturated carbocycles. The first-order valence-electron chi connectivity index (χ1n) is 4.03. The standard InChI is InChI=1S/C8H15N/c1-5-7-2-6(3-7)4-8(5)9/h5-8H,2-4,9H2,1H3/t5-,6-,7+,8-/m0/s1. The minimum Gasteiger partial charge on any atom is -0.327 e. The van der Waals surface area contributed by atoms with Gasteiger partial charge < -0.3 is 5.73 Å². The van der Waals surface area contributed by atoms with Crippen molar-refractivity contribution in [2.45, 2.75) is 32.2 Å². The lowest BCUT2D eigenvalue weighted by Gasteiger charge is -2.48. The molecule has 52 valence electrons. The maximum atomic E-state index is 5.90. The average Bonchev–Trinajstić information content (AvgIpc) is 1.72. The van der Waals surface area contributed by atoms with Crippen LogP contribution in [-0.4, -0.2) is 6.04 Å². The quantitative estimate of drug-likeness (QED) is 0.520. The molecule has 2 bridgehead atoms. The van der Waals surface area contributed by atoms with E-state index in [1.54, 1.807) is 0 Å². The van der Waals surface area contributed by atoms with Crippen molar-refractivity contribution in [2.24, 2.45) is 23.5 Å². The minimum absolute atomic E-state index is 0.530. The van der Waals surface area contributed by atoms with E-state index in [2.05, 4.69) is 6.92 Å². The van der Waals surface area contributed by atoms with Crippen molar-refractivity contribution in [3.8, 4) is 0 Å². The summed E-state index contributed by atoms with van der Waals surface area (Å²) in [6, 6.07) is 0.530. The third-order valence-electron chi connectivity index (χ3n) is 3.30. The van der Waals surface area contributed by atoms with Crippen LogP contribution in [0.1, 0.15) is 26.2 Å². The van der Waals surface area contributed by atoms with Crippen LogP contribution in [0.3, 0.4) is 0 Å². The monoisotopic (exact) mass is 125 g/mol. The van der Waals surface area contributed by atoms with Crippen LogP contribution in [0.5, 0.6) is 0 Å². The average molecular weight is 125 g/mol. The van der Waals surface area contributed by atoms with E-state index in [1.807, 2.05) is 0 Å². The van der Waals surface area contributed by atoms with Crippen molar-refractivity contribution >= 4 is 0 Å². The van der Waals surface area contributed by atoms with Gasteiger partial charge in [0.05, 0.1) is 0 Å². The molecule has 1 nitrogen and oxygen atoms in total. The molecule has 0 aromatic carbocycles. The van der Waals surface area contributed by atoms with E-state index in [9.17, 15) is 0 Å². The van der Waals surface area contributed by atoms with Gasteiger partial charge in [-0.05, 0) is 37.0 Å². The zero-order valence-corrected chi connectivity index (χ0v) is 6.01. The molecule has 0 saturated heterocycles.